The zero-order chi connectivity index (χ0) is 23.0. The van der Waals surface area contributed by atoms with Crippen molar-refractivity contribution in [1.82, 2.24) is 9.29 Å². The van der Waals surface area contributed by atoms with Gasteiger partial charge in [-0.1, -0.05) is 40.9 Å². The fourth-order valence-corrected chi connectivity index (χ4v) is 6.78. The van der Waals surface area contributed by atoms with Crippen molar-refractivity contribution < 1.29 is 12.8 Å². The zero-order valence-electron chi connectivity index (χ0n) is 17.0. The van der Waals surface area contributed by atoms with Gasteiger partial charge in [0.2, 0.25) is 10.0 Å². The van der Waals surface area contributed by atoms with E-state index < -0.39 is 15.8 Å². The van der Waals surface area contributed by atoms with Crippen molar-refractivity contribution in [2.75, 3.05) is 31.1 Å². The van der Waals surface area contributed by atoms with Crippen molar-refractivity contribution in [3.05, 3.63) is 73.4 Å². The molecule has 0 saturated carbocycles. The van der Waals surface area contributed by atoms with Gasteiger partial charge in [-0.2, -0.15) is 4.31 Å². The molecule has 32 heavy (non-hydrogen) atoms. The van der Waals surface area contributed by atoms with Gasteiger partial charge in [0.05, 0.1) is 15.7 Å². The Balaban J connectivity index is 1.43. The van der Waals surface area contributed by atoms with Gasteiger partial charge in [0.15, 0.2) is 5.13 Å². The molecule has 1 aromatic heterocycles. The molecule has 1 aliphatic rings. The SMILES string of the molecule is Cc1cc(S(=O)(=O)N2CCN(c3nc(Cc4ccc(F)c(Cl)c4)cs3)CC2)c(Cl)cc1Cl. The molecule has 0 spiro atoms. The minimum atomic E-state index is -3.72. The van der Waals surface area contributed by atoms with Crippen LogP contribution in [-0.2, 0) is 16.4 Å². The largest absolute Gasteiger partial charge is 0.345 e. The molecule has 1 aliphatic heterocycles. The maximum absolute atomic E-state index is 13.4. The number of thiazole rings is 1. The maximum Gasteiger partial charge on any atom is 0.244 e. The summed E-state index contributed by atoms with van der Waals surface area (Å²) >= 11 is 19.6. The number of anilines is 1. The van der Waals surface area contributed by atoms with Crippen LogP contribution < -0.4 is 4.90 Å². The number of halogens is 4. The van der Waals surface area contributed by atoms with Crippen LogP contribution in [0.15, 0.2) is 40.6 Å². The van der Waals surface area contributed by atoms with Gasteiger partial charge < -0.3 is 4.90 Å². The van der Waals surface area contributed by atoms with E-state index in [1.165, 1.54) is 33.8 Å². The normalized spacial score (nSPS) is 15.3. The van der Waals surface area contributed by atoms with Crippen molar-refractivity contribution in [2.24, 2.45) is 0 Å². The average Bonchev–Trinajstić information content (AvgIpc) is 3.22. The van der Waals surface area contributed by atoms with E-state index in [-0.39, 0.29) is 14.9 Å². The smallest absolute Gasteiger partial charge is 0.244 e. The van der Waals surface area contributed by atoms with Gasteiger partial charge in [-0.05, 0) is 42.3 Å². The molecule has 170 valence electrons. The van der Waals surface area contributed by atoms with Crippen molar-refractivity contribution >= 4 is 61.3 Å². The summed E-state index contributed by atoms with van der Waals surface area (Å²) in [5, 5.41) is 3.41. The van der Waals surface area contributed by atoms with E-state index in [9.17, 15) is 12.8 Å². The maximum atomic E-state index is 13.4. The highest BCUT2D eigenvalue weighted by atomic mass is 35.5. The van der Waals surface area contributed by atoms with Crippen LogP contribution in [0.1, 0.15) is 16.8 Å². The predicted molar refractivity (Wildman–Crippen MR) is 129 cm³/mol. The third-order valence-corrected chi connectivity index (χ3v) is 9.26. The number of nitrogens with zero attached hydrogens (tertiary/aromatic N) is 3. The lowest BCUT2D eigenvalue weighted by Gasteiger charge is -2.34. The summed E-state index contributed by atoms with van der Waals surface area (Å²) < 4.78 is 41.0. The zero-order valence-corrected chi connectivity index (χ0v) is 20.9. The van der Waals surface area contributed by atoms with Crippen LogP contribution in [0.3, 0.4) is 0 Å². The molecule has 0 radical (unpaired) electrons. The van der Waals surface area contributed by atoms with Crippen molar-refractivity contribution in [1.29, 1.82) is 0 Å². The highest BCUT2D eigenvalue weighted by Gasteiger charge is 2.31. The van der Waals surface area contributed by atoms with Crippen LogP contribution in [0.25, 0.3) is 0 Å². The van der Waals surface area contributed by atoms with Crippen molar-refractivity contribution in [3.8, 4) is 0 Å². The molecule has 1 fully saturated rings. The number of hydrogen-bond acceptors (Lipinski definition) is 5. The summed E-state index contributed by atoms with van der Waals surface area (Å²) in [7, 11) is -3.72. The van der Waals surface area contributed by atoms with Crippen LogP contribution in [0.2, 0.25) is 15.1 Å². The number of benzene rings is 2. The lowest BCUT2D eigenvalue weighted by molar-refractivity contribution is 0.384. The standard InChI is InChI=1S/C21H19Cl3FN3O2S2/c1-13-8-20(18(24)11-16(13)22)32(29,30)28-6-4-27(5-7-28)21-26-15(12-31-21)9-14-2-3-19(25)17(23)10-14/h2-3,8,10-12H,4-7,9H2,1H3. The molecule has 0 atom stereocenters. The molecule has 1 saturated heterocycles. The lowest BCUT2D eigenvalue weighted by atomic mass is 10.1. The number of aromatic nitrogens is 1. The molecule has 0 unspecified atom stereocenters. The third-order valence-electron chi connectivity index (χ3n) is 5.25. The molecular weight excluding hydrogens is 516 g/mol. The second-order valence-corrected chi connectivity index (χ2v) is 11.4. The first kappa shape index (κ1) is 23.7. The van der Waals surface area contributed by atoms with Gasteiger partial charge in [0.1, 0.15) is 10.7 Å². The van der Waals surface area contributed by atoms with Gasteiger partial charge in [-0.15, -0.1) is 11.3 Å². The van der Waals surface area contributed by atoms with E-state index in [1.54, 1.807) is 19.1 Å². The first-order chi connectivity index (χ1) is 15.1. The number of piperazine rings is 1. The molecule has 3 aromatic rings. The topological polar surface area (TPSA) is 53.5 Å². The fraction of sp³-hybridized carbons (Fsp3) is 0.286. The van der Waals surface area contributed by atoms with E-state index in [2.05, 4.69) is 9.88 Å². The molecule has 5 nitrogen and oxygen atoms in total. The molecule has 11 heteroatoms. The van der Waals surface area contributed by atoms with Gasteiger partial charge in [-0.3, -0.25) is 0 Å². The van der Waals surface area contributed by atoms with Crippen LogP contribution in [0.4, 0.5) is 9.52 Å². The van der Waals surface area contributed by atoms with Gasteiger partial charge >= 0.3 is 0 Å². The molecule has 2 heterocycles. The summed E-state index contributed by atoms with van der Waals surface area (Å²) in [5.74, 6) is -0.447. The molecule has 2 aromatic carbocycles. The second kappa shape index (κ2) is 9.44. The van der Waals surface area contributed by atoms with Gasteiger partial charge in [0.25, 0.3) is 0 Å². The summed E-state index contributed by atoms with van der Waals surface area (Å²) in [6, 6.07) is 7.61. The first-order valence-corrected chi connectivity index (χ1v) is 13.2. The van der Waals surface area contributed by atoms with Crippen LogP contribution in [0, 0.1) is 12.7 Å². The summed E-state index contributed by atoms with van der Waals surface area (Å²) in [5.41, 5.74) is 2.39. The molecule has 4 rings (SSSR count). The van der Waals surface area contributed by atoms with Crippen molar-refractivity contribution in [3.63, 3.8) is 0 Å². The Morgan fingerprint density at radius 3 is 2.44 bits per heavy atom. The van der Waals surface area contributed by atoms with E-state index >= 15 is 0 Å². The Morgan fingerprint density at radius 2 is 1.75 bits per heavy atom. The molecule has 0 bridgehead atoms. The highest BCUT2D eigenvalue weighted by Crippen LogP contribution is 2.31. The van der Waals surface area contributed by atoms with E-state index in [0.29, 0.717) is 43.2 Å². The Hall–Kier alpha value is -1.42. The number of hydrogen-bond donors (Lipinski definition) is 0. The Bertz CT molecular complexity index is 1260. The fourth-order valence-electron chi connectivity index (χ4n) is 3.47. The first-order valence-electron chi connectivity index (χ1n) is 9.74. The number of aryl methyl sites for hydroxylation is 1. The predicted octanol–water partition coefficient (Wildman–Crippen LogP) is 5.65. The Morgan fingerprint density at radius 1 is 1.03 bits per heavy atom. The Labute approximate surface area is 205 Å². The molecular formula is C21H19Cl3FN3O2S2. The quantitative estimate of drug-likeness (QED) is 0.424. The number of sulfonamides is 1. The van der Waals surface area contributed by atoms with E-state index in [0.717, 1.165) is 16.4 Å². The van der Waals surface area contributed by atoms with E-state index in [1.807, 2.05) is 5.38 Å². The summed E-state index contributed by atoms with van der Waals surface area (Å²) in [6.07, 6.45) is 0.541. The van der Waals surface area contributed by atoms with Gasteiger partial charge in [-0.25, -0.2) is 17.8 Å². The van der Waals surface area contributed by atoms with Gasteiger partial charge in [0, 0.05) is 43.0 Å². The highest BCUT2D eigenvalue weighted by molar-refractivity contribution is 7.89. The van der Waals surface area contributed by atoms with Crippen LogP contribution in [-0.4, -0.2) is 43.9 Å². The minimum Gasteiger partial charge on any atom is -0.345 e. The summed E-state index contributed by atoms with van der Waals surface area (Å²) in [4.78, 5) is 6.80. The lowest BCUT2D eigenvalue weighted by Crippen LogP contribution is -2.48. The minimum absolute atomic E-state index is 0.0732. The Kier molecular flexibility index (Phi) is 7.00. The number of rotatable bonds is 5. The van der Waals surface area contributed by atoms with Crippen molar-refractivity contribution in [2.45, 2.75) is 18.2 Å². The van der Waals surface area contributed by atoms with E-state index in [4.69, 9.17) is 34.8 Å². The molecule has 0 amide bonds. The third kappa shape index (κ3) is 4.90. The summed E-state index contributed by atoms with van der Waals surface area (Å²) in [6.45, 7) is 3.42. The van der Waals surface area contributed by atoms with Crippen LogP contribution in [0.5, 0.6) is 0 Å². The van der Waals surface area contributed by atoms with Crippen LogP contribution >= 0.6 is 46.1 Å². The molecule has 0 aliphatic carbocycles. The monoisotopic (exact) mass is 533 g/mol. The average molecular weight is 535 g/mol. The second-order valence-electron chi connectivity index (χ2n) is 7.47. The molecule has 0 N–H and O–H groups in total.